The van der Waals surface area contributed by atoms with E-state index >= 15 is 0 Å². The number of anilines is 1. The molecule has 0 aliphatic carbocycles. The van der Waals surface area contributed by atoms with Crippen LogP contribution in [-0.2, 0) is 0 Å². The molecule has 0 spiro atoms. The van der Waals surface area contributed by atoms with Gasteiger partial charge in [-0.1, -0.05) is 15.9 Å². The Balaban J connectivity index is 2.36. The molecule has 100 valence electrons. The van der Waals surface area contributed by atoms with Gasteiger partial charge in [0.1, 0.15) is 0 Å². The van der Waals surface area contributed by atoms with E-state index in [1.54, 1.807) is 18.2 Å². The summed E-state index contributed by atoms with van der Waals surface area (Å²) in [4.78, 5) is 14.0. The Labute approximate surface area is 117 Å². The van der Waals surface area contributed by atoms with E-state index in [9.17, 15) is 4.79 Å². The second kappa shape index (κ2) is 7.38. The van der Waals surface area contributed by atoms with Crippen LogP contribution >= 0.6 is 15.9 Å². The number of nitrogens with zero attached hydrogens (tertiary/aromatic N) is 1. The zero-order valence-corrected chi connectivity index (χ0v) is 12.5. The van der Waals surface area contributed by atoms with E-state index in [0.717, 1.165) is 23.9 Å². The molecular formula is C13H20BrN3O. The Morgan fingerprint density at radius 3 is 2.67 bits per heavy atom. The van der Waals surface area contributed by atoms with Crippen molar-refractivity contribution in [1.82, 2.24) is 10.2 Å². The van der Waals surface area contributed by atoms with E-state index in [1.807, 2.05) is 14.1 Å². The van der Waals surface area contributed by atoms with Gasteiger partial charge in [0.2, 0.25) is 0 Å². The molecule has 0 saturated carbocycles. The lowest BCUT2D eigenvalue weighted by molar-refractivity contribution is 0.0953. The van der Waals surface area contributed by atoms with Gasteiger partial charge in [-0.25, -0.2) is 0 Å². The highest BCUT2D eigenvalue weighted by Gasteiger charge is 2.06. The highest BCUT2D eigenvalue weighted by Crippen LogP contribution is 2.17. The van der Waals surface area contributed by atoms with Crippen molar-refractivity contribution >= 4 is 27.5 Å². The molecule has 1 amide bonds. The van der Waals surface area contributed by atoms with Crippen LogP contribution in [0.4, 0.5) is 5.69 Å². The number of carbonyl (C=O) groups is 1. The monoisotopic (exact) mass is 313 g/mol. The summed E-state index contributed by atoms with van der Waals surface area (Å²) in [5.74, 6) is -0.0761. The van der Waals surface area contributed by atoms with Gasteiger partial charge in [0, 0.05) is 22.3 Å². The SMILES string of the molecule is CN(C)CCCCNC(=O)c1cc(N)cc(Br)c1. The van der Waals surface area contributed by atoms with Crippen LogP contribution in [0.15, 0.2) is 22.7 Å². The lowest BCUT2D eigenvalue weighted by Crippen LogP contribution is -2.25. The van der Waals surface area contributed by atoms with Crippen LogP contribution in [0.1, 0.15) is 23.2 Å². The number of unbranched alkanes of at least 4 members (excludes halogenated alkanes) is 1. The third-order valence-corrected chi connectivity index (χ3v) is 2.96. The average molecular weight is 314 g/mol. The normalized spacial score (nSPS) is 10.7. The summed E-state index contributed by atoms with van der Waals surface area (Å²) in [6, 6.07) is 5.22. The van der Waals surface area contributed by atoms with Crippen LogP contribution in [0.2, 0.25) is 0 Å². The number of rotatable bonds is 6. The summed E-state index contributed by atoms with van der Waals surface area (Å²) in [7, 11) is 4.09. The van der Waals surface area contributed by atoms with Crippen molar-refractivity contribution in [3.8, 4) is 0 Å². The van der Waals surface area contributed by atoms with Crippen molar-refractivity contribution in [2.45, 2.75) is 12.8 Å². The molecule has 4 nitrogen and oxygen atoms in total. The average Bonchev–Trinajstić information content (AvgIpc) is 2.26. The zero-order chi connectivity index (χ0) is 13.5. The Morgan fingerprint density at radius 1 is 1.33 bits per heavy atom. The van der Waals surface area contributed by atoms with E-state index in [1.165, 1.54) is 0 Å². The quantitative estimate of drug-likeness (QED) is 0.624. The molecule has 1 aromatic carbocycles. The molecular weight excluding hydrogens is 294 g/mol. The Morgan fingerprint density at radius 2 is 2.06 bits per heavy atom. The molecule has 18 heavy (non-hydrogen) atoms. The molecule has 0 atom stereocenters. The first-order valence-corrected chi connectivity index (χ1v) is 6.77. The summed E-state index contributed by atoms with van der Waals surface area (Å²) in [6.07, 6.45) is 2.06. The van der Waals surface area contributed by atoms with Crippen LogP contribution in [0.5, 0.6) is 0 Å². The Hall–Kier alpha value is -1.07. The van der Waals surface area contributed by atoms with Crippen LogP contribution in [0, 0.1) is 0 Å². The maximum absolute atomic E-state index is 11.8. The van der Waals surface area contributed by atoms with Gasteiger partial charge in [-0.2, -0.15) is 0 Å². The molecule has 1 rings (SSSR count). The van der Waals surface area contributed by atoms with E-state index in [4.69, 9.17) is 5.73 Å². The molecule has 0 fully saturated rings. The number of halogens is 1. The number of carbonyl (C=O) groups excluding carboxylic acids is 1. The van der Waals surface area contributed by atoms with Crippen LogP contribution in [0.25, 0.3) is 0 Å². The van der Waals surface area contributed by atoms with Crippen molar-refractivity contribution < 1.29 is 4.79 Å². The van der Waals surface area contributed by atoms with E-state index in [2.05, 4.69) is 26.1 Å². The van der Waals surface area contributed by atoms with Crippen LogP contribution in [-0.4, -0.2) is 38.0 Å². The molecule has 0 radical (unpaired) electrons. The number of hydrogen-bond acceptors (Lipinski definition) is 3. The molecule has 0 aliphatic rings. The number of hydrogen-bond donors (Lipinski definition) is 2. The maximum Gasteiger partial charge on any atom is 0.251 e. The minimum Gasteiger partial charge on any atom is -0.399 e. The van der Waals surface area contributed by atoms with Gasteiger partial charge < -0.3 is 16.0 Å². The molecule has 0 aliphatic heterocycles. The third kappa shape index (κ3) is 5.51. The maximum atomic E-state index is 11.8. The van der Waals surface area contributed by atoms with Gasteiger partial charge in [-0.3, -0.25) is 4.79 Å². The van der Waals surface area contributed by atoms with Gasteiger partial charge in [-0.05, 0) is 51.7 Å². The fraction of sp³-hybridized carbons (Fsp3) is 0.462. The summed E-state index contributed by atoms with van der Waals surface area (Å²) in [6.45, 7) is 1.73. The van der Waals surface area contributed by atoms with Gasteiger partial charge >= 0.3 is 0 Å². The van der Waals surface area contributed by atoms with Gasteiger partial charge in [0.05, 0.1) is 0 Å². The number of amides is 1. The first-order chi connectivity index (χ1) is 8.49. The number of nitrogens with one attached hydrogen (secondary N) is 1. The Bertz CT molecular complexity index is 387. The van der Waals surface area contributed by atoms with Crippen LogP contribution < -0.4 is 11.1 Å². The van der Waals surface area contributed by atoms with E-state index < -0.39 is 0 Å². The van der Waals surface area contributed by atoms with Crippen molar-refractivity contribution in [3.05, 3.63) is 28.2 Å². The van der Waals surface area contributed by atoms with Crippen molar-refractivity contribution in [3.63, 3.8) is 0 Å². The standard InChI is InChI=1S/C13H20BrN3O/c1-17(2)6-4-3-5-16-13(18)10-7-11(14)9-12(15)8-10/h7-9H,3-6,15H2,1-2H3,(H,16,18). The molecule has 0 heterocycles. The van der Waals surface area contributed by atoms with E-state index in [0.29, 0.717) is 17.8 Å². The van der Waals surface area contributed by atoms with E-state index in [-0.39, 0.29) is 5.91 Å². The fourth-order valence-corrected chi connectivity index (χ4v) is 2.11. The van der Waals surface area contributed by atoms with Crippen LogP contribution in [0.3, 0.4) is 0 Å². The second-order valence-electron chi connectivity index (χ2n) is 4.54. The predicted molar refractivity (Wildman–Crippen MR) is 78.7 cm³/mol. The first kappa shape index (κ1) is 15.0. The minimum absolute atomic E-state index is 0.0761. The molecule has 0 bridgehead atoms. The fourth-order valence-electron chi connectivity index (χ4n) is 1.60. The van der Waals surface area contributed by atoms with Crippen molar-refractivity contribution in [2.24, 2.45) is 0 Å². The summed E-state index contributed by atoms with van der Waals surface area (Å²) in [5, 5.41) is 2.89. The van der Waals surface area contributed by atoms with Crippen molar-refractivity contribution in [1.29, 1.82) is 0 Å². The largest absolute Gasteiger partial charge is 0.399 e. The molecule has 1 aromatic rings. The minimum atomic E-state index is -0.0761. The number of nitrogens with two attached hydrogens (primary N) is 1. The lowest BCUT2D eigenvalue weighted by atomic mass is 10.2. The topological polar surface area (TPSA) is 58.4 Å². The number of benzene rings is 1. The van der Waals surface area contributed by atoms with Crippen molar-refractivity contribution in [2.75, 3.05) is 32.9 Å². The lowest BCUT2D eigenvalue weighted by Gasteiger charge is -2.09. The summed E-state index contributed by atoms with van der Waals surface area (Å²) >= 11 is 3.32. The summed E-state index contributed by atoms with van der Waals surface area (Å²) in [5.41, 5.74) is 6.87. The van der Waals surface area contributed by atoms with Gasteiger partial charge in [-0.15, -0.1) is 0 Å². The zero-order valence-electron chi connectivity index (χ0n) is 10.9. The second-order valence-corrected chi connectivity index (χ2v) is 5.46. The van der Waals surface area contributed by atoms with Gasteiger partial charge in [0.15, 0.2) is 0 Å². The third-order valence-electron chi connectivity index (χ3n) is 2.50. The number of nitrogen functional groups attached to an aromatic ring is 1. The highest BCUT2D eigenvalue weighted by molar-refractivity contribution is 9.10. The Kier molecular flexibility index (Phi) is 6.15. The molecule has 0 saturated heterocycles. The first-order valence-electron chi connectivity index (χ1n) is 5.98. The predicted octanol–water partition coefficient (Wildman–Crippen LogP) is 2.10. The molecule has 3 N–H and O–H groups in total. The molecule has 0 unspecified atom stereocenters. The van der Waals surface area contributed by atoms with Gasteiger partial charge in [0.25, 0.3) is 5.91 Å². The smallest absolute Gasteiger partial charge is 0.251 e. The molecule has 0 aromatic heterocycles. The highest BCUT2D eigenvalue weighted by atomic mass is 79.9. The molecule has 5 heteroatoms. The summed E-state index contributed by atoms with van der Waals surface area (Å²) < 4.78 is 0.820.